The van der Waals surface area contributed by atoms with Gasteiger partial charge in [-0.05, 0) is 47.0 Å². The van der Waals surface area contributed by atoms with E-state index >= 15 is 0 Å². The van der Waals surface area contributed by atoms with Crippen molar-refractivity contribution in [3.05, 3.63) is 36.2 Å². The number of amides is 1. The maximum absolute atomic E-state index is 12.2. The molecule has 0 fully saturated rings. The number of tetrazole rings is 1. The van der Waals surface area contributed by atoms with Crippen LogP contribution in [0.15, 0.2) is 30.6 Å². The van der Waals surface area contributed by atoms with Gasteiger partial charge in [-0.1, -0.05) is 33.1 Å². The first-order chi connectivity index (χ1) is 10.7. The van der Waals surface area contributed by atoms with E-state index < -0.39 is 0 Å². The van der Waals surface area contributed by atoms with Crippen molar-refractivity contribution < 1.29 is 4.79 Å². The fraction of sp³-hybridized carbons (Fsp3) is 0.500. The van der Waals surface area contributed by atoms with Crippen LogP contribution < -0.4 is 5.32 Å². The lowest BCUT2D eigenvalue weighted by atomic mass is 9.99. The molecule has 1 heterocycles. The molecule has 0 aliphatic carbocycles. The van der Waals surface area contributed by atoms with Gasteiger partial charge in [-0.3, -0.25) is 4.79 Å². The zero-order valence-corrected chi connectivity index (χ0v) is 13.2. The molecule has 0 aliphatic rings. The second-order valence-electron chi connectivity index (χ2n) is 5.43. The zero-order valence-electron chi connectivity index (χ0n) is 13.2. The third-order valence-corrected chi connectivity index (χ3v) is 3.84. The molecule has 0 bridgehead atoms. The molecular weight excluding hydrogens is 278 g/mol. The molecule has 118 valence electrons. The van der Waals surface area contributed by atoms with Gasteiger partial charge in [0.2, 0.25) is 0 Å². The average Bonchev–Trinajstić information content (AvgIpc) is 3.09. The molecule has 1 aromatic carbocycles. The van der Waals surface area contributed by atoms with E-state index in [0.717, 1.165) is 18.7 Å². The standard InChI is InChI=1S/C16H23N5O/c1-3-5-6-13(4-2)11-17-16(22)14-7-9-15(10-8-14)21-12-18-19-20-21/h7-10,12-13H,3-6,11H2,1-2H3,(H,17,22)/t13-/m0/s1. The van der Waals surface area contributed by atoms with Gasteiger partial charge in [0.15, 0.2) is 0 Å². The number of nitrogens with one attached hydrogen (secondary N) is 1. The summed E-state index contributed by atoms with van der Waals surface area (Å²) in [6.07, 6.45) is 6.21. The number of nitrogens with zero attached hydrogens (tertiary/aromatic N) is 4. The Hall–Kier alpha value is -2.24. The predicted molar refractivity (Wildman–Crippen MR) is 84.8 cm³/mol. The van der Waals surface area contributed by atoms with E-state index in [1.807, 2.05) is 12.1 Å². The zero-order chi connectivity index (χ0) is 15.8. The van der Waals surface area contributed by atoms with Crippen molar-refractivity contribution in [2.45, 2.75) is 39.5 Å². The van der Waals surface area contributed by atoms with Crippen LogP contribution in [0, 0.1) is 5.92 Å². The molecular formula is C16H23N5O. The van der Waals surface area contributed by atoms with E-state index in [-0.39, 0.29) is 5.91 Å². The average molecular weight is 301 g/mol. The lowest BCUT2D eigenvalue weighted by Gasteiger charge is -2.15. The summed E-state index contributed by atoms with van der Waals surface area (Å²) in [5.41, 5.74) is 1.48. The van der Waals surface area contributed by atoms with Gasteiger partial charge in [-0.25, -0.2) is 4.68 Å². The molecule has 22 heavy (non-hydrogen) atoms. The van der Waals surface area contributed by atoms with Gasteiger partial charge in [0.1, 0.15) is 6.33 Å². The highest BCUT2D eigenvalue weighted by Crippen LogP contribution is 2.12. The summed E-state index contributed by atoms with van der Waals surface area (Å²) >= 11 is 0. The molecule has 1 aromatic heterocycles. The number of carbonyl (C=O) groups excluding carboxylic acids is 1. The Morgan fingerprint density at radius 2 is 2.05 bits per heavy atom. The molecule has 6 nitrogen and oxygen atoms in total. The number of hydrogen-bond donors (Lipinski definition) is 1. The van der Waals surface area contributed by atoms with Crippen LogP contribution in [0.2, 0.25) is 0 Å². The summed E-state index contributed by atoms with van der Waals surface area (Å²) in [6, 6.07) is 7.25. The molecule has 1 atom stereocenters. The highest BCUT2D eigenvalue weighted by molar-refractivity contribution is 5.94. The van der Waals surface area contributed by atoms with Crippen LogP contribution >= 0.6 is 0 Å². The molecule has 2 rings (SSSR count). The quantitative estimate of drug-likeness (QED) is 0.813. The first kappa shape index (κ1) is 16.1. The van der Waals surface area contributed by atoms with Crippen LogP contribution in [0.5, 0.6) is 0 Å². The van der Waals surface area contributed by atoms with Gasteiger partial charge in [-0.2, -0.15) is 0 Å². The molecule has 0 spiro atoms. The van der Waals surface area contributed by atoms with Crippen molar-refractivity contribution in [1.82, 2.24) is 25.5 Å². The van der Waals surface area contributed by atoms with Crippen molar-refractivity contribution in [3.63, 3.8) is 0 Å². The molecule has 0 aliphatic heterocycles. The molecule has 0 saturated heterocycles. The van der Waals surface area contributed by atoms with E-state index in [1.54, 1.807) is 16.8 Å². The Balaban J connectivity index is 1.89. The van der Waals surface area contributed by atoms with Crippen molar-refractivity contribution in [3.8, 4) is 5.69 Å². The first-order valence-electron chi connectivity index (χ1n) is 7.86. The van der Waals surface area contributed by atoms with Gasteiger partial charge in [0.05, 0.1) is 5.69 Å². The van der Waals surface area contributed by atoms with Crippen LogP contribution in [-0.4, -0.2) is 32.7 Å². The molecule has 2 aromatic rings. The minimum Gasteiger partial charge on any atom is -0.352 e. The summed E-state index contributed by atoms with van der Waals surface area (Å²) in [4.78, 5) is 12.2. The van der Waals surface area contributed by atoms with E-state index in [1.165, 1.54) is 25.6 Å². The Kier molecular flexibility index (Phi) is 6.06. The van der Waals surface area contributed by atoms with Gasteiger partial charge >= 0.3 is 0 Å². The Bertz CT molecular complexity index is 565. The fourth-order valence-electron chi connectivity index (χ4n) is 2.33. The lowest BCUT2D eigenvalue weighted by molar-refractivity contribution is 0.0946. The molecule has 1 amide bonds. The minimum absolute atomic E-state index is 0.0294. The summed E-state index contributed by atoms with van der Waals surface area (Å²) < 4.78 is 1.56. The predicted octanol–water partition coefficient (Wildman–Crippen LogP) is 2.61. The second-order valence-corrected chi connectivity index (χ2v) is 5.43. The van der Waals surface area contributed by atoms with E-state index in [0.29, 0.717) is 11.5 Å². The molecule has 6 heteroatoms. The third kappa shape index (κ3) is 4.38. The second kappa shape index (κ2) is 8.26. The number of carbonyl (C=O) groups is 1. The van der Waals surface area contributed by atoms with Crippen LogP contribution in [-0.2, 0) is 0 Å². The van der Waals surface area contributed by atoms with Gasteiger partial charge in [0, 0.05) is 12.1 Å². The SMILES string of the molecule is CCCC[C@H](CC)CNC(=O)c1ccc(-n2cnnn2)cc1. The normalized spacial score (nSPS) is 12.1. The minimum atomic E-state index is -0.0294. The molecule has 0 radical (unpaired) electrons. The summed E-state index contributed by atoms with van der Waals surface area (Å²) in [5, 5.41) is 14.0. The summed E-state index contributed by atoms with van der Waals surface area (Å²) in [6.45, 7) is 5.11. The largest absolute Gasteiger partial charge is 0.352 e. The highest BCUT2D eigenvalue weighted by atomic mass is 16.1. The van der Waals surface area contributed by atoms with Crippen LogP contribution in [0.3, 0.4) is 0 Å². The number of hydrogen-bond acceptors (Lipinski definition) is 4. The van der Waals surface area contributed by atoms with Crippen molar-refractivity contribution in [2.24, 2.45) is 5.92 Å². The number of rotatable bonds is 8. The third-order valence-electron chi connectivity index (χ3n) is 3.84. The summed E-state index contributed by atoms with van der Waals surface area (Å²) in [7, 11) is 0. The highest BCUT2D eigenvalue weighted by Gasteiger charge is 2.10. The summed E-state index contributed by atoms with van der Waals surface area (Å²) in [5.74, 6) is 0.530. The topological polar surface area (TPSA) is 72.7 Å². The maximum atomic E-state index is 12.2. The Morgan fingerprint density at radius 3 is 2.64 bits per heavy atom. The molecule has 0 unspecified atom stereocenters. The van der Waals surface area contributed by atoms with E-state index in [9.17, 15) is 4.79 Å². The molecule has 0 saturated carbocycles. The first-order valence-corrected chi connectivity index (χ1v) is 7.86. The van der Waals surface area contributed by atoms with Crippen LogP contribution in [0.25, 0.3) is 5.69 Å². The van der Waals surface area contributed by atoms with Gasteiger partial charge < -0.3 is 5.32 Å². The number of benzene rings is 1. The monoisotopic (exact) mass is 301 g/mol. The Labute approximate surface area is 130 Å². The van der Waals surface area contributed by atoms with E-state index in [4.69, 9.17) is 0 Å². The maximum Gasteiger partial charge on any atom is 0.251 e. The molecule has 1 N–H and O–H groups in total. The van der Waals surface area contributed by atoms with Gasteiger partial charge in [-0.15, -0.1) is 5.10 Å². The van der Waals surface area contributed by atoms with Crippen molar-refractivity contribution in [1.29, 1.82) is 0 Å². The van der Waals surface area contributed by atoms with E-state index in [2.05, 4.69) is 34.7 Å². The number of aromatic nitrogens is 4. The fourth-order valence-corrected chi connectivity index (χ4v) is 2.33. The van der Waals surface area contributed by atoms with Crippen molar-refractivity contribution in [2.75, 3.05) is 6.54 Å². The van der Waals surface area contributed by atoms with Crippen LogP contribution in [0.1, 0.15) is 49.9 Å². The Morgan fingerprint density at radius 1 is 1.27 bits per heavy atom. The van der Waals surface area contributed by atoms with Crippen molar-refractivity contribution >= 4 is 5.91 Å². The smallest absolute Gasteiger partial charge is 0.251 e. The number of unbranched alkanes of at least 4 members (excludes halogenated alkanes) is 1. The van der Waals surface area contributed by atoms with Gasteiger partial charge in [0.25, 0.3) is 5.91 Å². The lowest BCUT2D eigenvalue weighted by Crippen LogP contribution is -2.29. The van der Waals surface area contributed by atoms with Crippen LogP contribution in [0.4, 0.5) is 0 Å².